The van der Waals surface area contributed by atoms with Crippen LogP contribution in [0.4, 0.5) is 11.5 Å². The minimum atomic E-state index is -0.296. The predicted octanol–water partition coefficient (Wildman–Crippen LogP) is 4.51. The number of nitrogens with one attached hydrogen (secondary N) is 2. The molecule has 1 aromatic heterocycles. The first-order valence-corrected chi connectivity index (χ1v) is 11.6. The summed E-state index contributed by atoms with van der Waals surface area (Å²) in [5.74, 6) is 1.86. The molecule has 1 saturated heterocycles. The van der Waals surface area contributed by atoms with Gasteiger partial charge in [-0.05, 0) is 66.8 Å². The van der Waals surface area contributed by atoms with Crippen LogP contribution in [0.5, 0.6) is 5.75 Å². The molecule has 0 radical (unpaired) electrons. The number of hydrogen-bond acceptors (Lipinski definition) is 5. The number of nitrogens with zero attached hydrogens (tertiary/aromatic N) is 2. The lowest BCUT2D eigenvalue weighted by atomic mass is 9.99. The maximum absolute atomic E-state index is 12.9. The van der Waals surface area contributed by atoms with Gasteiger partial charge in [-0.1, -0.05) is 25.1 Å². The van der Waals surface area contributed by atoms with Crippen LogP contribution in [-0.4, -0.2) is 37.0 Å². The van der Waals surface area contributed by atoms with E-state index in [1.807, 2.05) is 18.3 Å². The van der Waals surface area contributed by atoms with Crippen molar-refractivity contribution < 1.29 is 14.3 Å². The Hall–Kier alpha value is -3.87. The number of para-hydroxylation sites is 1. The quantitative estimate of drug-likeness (QED) is 0.544. The largest absolute Gasteiger partial charge is 0.497 e. The number of benzene rings is 2. The molecule has 2 aromatic carbocycles. The molecule has 3 aromatic rings. The Kier molecular flexibility index (Phi) is 7.42. The third kappa shape index (κ3) is 5.73. The van der Waals surface area contributed by atoms with Crippen molar-refractivity contribution in [2.24, 2.45) is 5.92 Å². The van der Waals surface area contributed by atoms with Gasteiger partial charge in [0.25, 0.3) is 11.8 Å². The van der Waals surface area contributed by atoms with Crippen LogP contribution in [0.3, 0.4) is 0 Å². The summed E-state index contributed by atoms with van der Waals surface area (Å²) in [5, 5.41) is 5.76. The minimum Gasteiger partial charge on any atom is -0.497 e. The van der Waals surface area contributed by atoms with Crippen molar-refractivity contribution in [2.75, 3.05) is 30.4 Å². The molecule has 2 heterocycles. The molecule has 4 rings (SSSR count). The summed E-state index contributed by atoms with van der Waals surface area (Å²) >= 11 is 0. The SMILES string of the molecule is COc1ccc(C(=O)Nc2ccccc2C(=O)NCc2ccc(N3CCC(C)CC3)nc2)cc1. The van der Waals surface area contributed by atoms with E-state index in [0.717, 1.165) is 30.4 Å². The first kappa shape index (κ1) is 23.3. The number of piperidine rings is 1. The number of amides is 2. The van der Waals surface area contributed by atoms with Gasteiger partial charge in [-0.2, -0.15) is 0 Å². The third-order valence-corrected chi connectivity index (χ3v) is 6.14. The molecule has 1 aliphatic heterocycles. The fourth-order valence-electron chi connectivity index (χ4n) is 3.95. The van der Waals surface area contributed by atoms with Crippen LogP contribution < -0.4 is 20.3 Å². The Balaban J connectivity index is 1.36. The molecule has 34 heavy (non-hydrogen) atoms. The van der Waals surface area contributed by atoms with Crippen molar-refractivity contribution in [1.29, 1.82) is 0 Å². The van der Waals surface area contributed by atoms with Crippen molar-refractivity contribution in [3.05, 3.63) is 83.6 Å². The molecule has 0 unspecified atom stereocenters. The molecule has 0 bridgehead atoms. The lowest BCUT2D eigenvalue weighted by molar-refractivity contribution is 0.0951. The number of carbonyl (C=O) groups is 2. The van der Waals surface area contributed by atoms with E-state index in [1.54, 1.807) is 55.6 Å². The van der Waals surface area contributed by atoms with E-state index in [9.17, 15) is 9.59 Å². The maximum Gasteiger partial charge on any atom is 0.255 e. The molecule has 0 spiro atoms. The fourth-order valence-corrected chi connectivity index (χ4v) is 3.95. The van der Waals surface area contributed by atoms with E-state index in [1.165, 1.54) is 12.8 Å². The number of methoxy groups -OCH3 is 1. The normalized spacial score (nSPS) is 13.9. The highest BCUT2D eigenvalue weighted by Gasteiger charge is 2.17. The predicted molar refractivity (Wildman–Crippen MR) is 133 cm³/mol. The van der Waals surface area contributed by atoms with Gasteiger partial charge >= 0.3 is 0 Å². The summed E-state index contributed by atoms with van der Waals surface area (Å²) in [4.78, 5) is 32.4. The Morgan fingerprint density at radius 1 is 1.00 bits per heavy atom. The standard InChI is InChI=1S/C27H30N4O3/c1-19-13-15-31(16-14-19)25-12-7-20(17-28-25)18-29-27(33)23-5-3-4-6-24(23)30-26(32)21-8-10-22(34-2)11-9-21/h3-12,17,19H,13-16,18H2,1-2H3,(H,29,33)(H,30,32). The van der Waals surface area contributed by atoms with Gasteiger partial charge in [0.2, 0.25) is 0 Å². The van der Waals surface area contributed by atoms with Gasteiger partial charge in [-0.25, -0.2) is 4.98 Å². The summed E-state index contributed by atoms with van der Waals surface area (Å²) in [7, 11) is 1.57. The zero-order valence-electron chi connectivity index (χ0n) is 19.6. The second-order valence-electron chi connectivity index (χ2n) is 8.61. The zero-order valence-corrected chi connectivity index (χ0v) is 19.6. The molecule has 0 atom stereocenters. The van der Waals surface area contributed by atoms with Crippen molar-refractivity contribution >= 4 is 23.3 Å². The maximum atomic E-state index is 12.9. The van der Waals surface area contributed by atoms with Gasteiger partial charge in [0.1, 0.15) is 11.6 Å². The summed E-state index contributed by atoms with van der Waals surface area (Å²) in [6.45, 7) is 4.70. The third-order valence-electron chi connectivity index (χ3n) is 6.14. The van der Waals surface area contributed by atoms with E-state index >= 15 is 0 Å². The number of aromatic nitrogens is 1. The van der Waals surface area contributed by atoms with Gasteiger partial charge < -0.3 is 20.3 Å². The van der Waals surface area contributed by atoms with Crippen molar-refractivity contribution in [3.8, 4) is 5.75 Å². The van der Waals surface area contributed by atoms with Gasteiger partial charge in [0.15, 0.2) is 0 Å². The van der Waals surface area contributed by atoms with Crippen molar-refractivity contribution in [3.63, 3.8) is 0 Å². The highest BCUT2D eigenvalue weighted by atomic mass is 16.5. The lowest BCUT2D eigenvalue weighted by Crippen LogP contribution is -2.33. The molecule has 1 fully saturated rings. The molecule has 2 N–H and O–H groups in total. The zero-order chi connectivity index (χ0) is 23.9. The summed E-state index contributed by atoms with van der Waals surface area (Å²) in [6, 6.07) is 17.8. The minimum absolute atomic E-state index is 0.264. The van der Waals surface area contributed by atoms with Gasteiger partial charge in [0, 0.05) is 31.4 Å². The Morgan fingerprint density at radius 3 is 2.41 bits per heavy atom. The molecule has 2 amide bonds. The van der Waals surface area contributed by atoms with E-state index in [4.69, 9.17) is 4.74 Å². The van der Waals surface area contributed by atoms with Crippen molar-refractivity contribution in [1.82, 2.24) is 10.3 Å². The molecule has 176 valence electrons. The number of carbonyl (C=O) groups excluding carboxylic acids is 2. The second kappa shape index (κ2) is 10.8. The molecular formula is C27H30N4O3. The van der Waals surface area contributed by atoms with E-state index < -0.39 is 0 Å². The summed E-state index contributed by atoms with van der Waals surface area (Å²) in [6.07, 6.45) is 4.19. The van der Waals surface area contributed by atoms with Crippen LogP contribution >= 0.6 is 0 Å². The van der Waals surface area contributed by atoms with Crippen LogP contribution in [0.25, 0.3) is 0 Å². The highest BCUT2D eigenvalue weighted by Crippen LogP contribution is 2.22. The average Bonchev–Trinajstić information content (AvgIpc) is 2.88. The van der Waals surface area contributed by atoms with E-state index in [0.29, 0.717) is 29.1 Å². The molecular weight excluding hydrogens is 428 g/mol. The first-order valence-electron chi connectivity index (χ1n) is 11.6. The summed E-state index contributed by atoms with van der Waals surface area (Å²) < 4.78 is 5.13. The monoisotopic (exact) mass is 458 g/mol. The topological polar surface area (TPSA) is 83.6 Å². The number of hydrogen-bond donors (Lipinski definition) is 2. The van der Waals surface area contributed by atoms with E-state index in [2.05, 4.69) is 27.4 Å². The Labute approximate surface area is 200 Å². The smallest absolute Gasteiger partial charge is 0.255 e. The van der Waals surface area contributed by atoms with Crippen LogP contribution in [0.15, 0.2) is 66.9 Å². The van der Waals surface area contributed by atoms with Gasteiger partial charge in [0.05, 0.1) is 18.4 Å². The molecule has 7 heteroatoms. The molecule has 7 nitrogen and oxygen atoms in total. The number of ether oxygens (including phenoxy) is 1. The first-order chi connectivity index (χ1) is 16.5. The molecule has 0 aliphatic carbocycles. The number of pyridine rings is 1. The van der Waals surface area contributed by atoms with Crippen LogP contribution in [-0.2, 0) is 6.54 Å². The average molecular weight is 459 g/mol. The van der Waals surface area contributed by atoms with Gasteiger partial charge in [-0.3, -0.25) is 9.59 Å². The van der Waals surface area contributed by atoms with Crippen LogP contribution in [0.2, 0.25) is 0 Å². The highest BCUT2D eigenvalue weighted by molar-refractivity contribution is 6.09. The fraction of sp³-hybridized carbons (Fsp3) is 0.296. The molecule has 1 aliphatic rings. The van der Waals surface area contributed by atoms with E-state index in [-0.39, 0.29) is 11.8 Å². The number of rotatable bonds is 7. The van der Waals surface area contributed by atoms with Crippen LogP contribution in [0.1, 0.15) is 46.0 Å². The van der Waals surface area contributed by atoms with Crippen molar-refractivity contribution in [2.45, 2.75) is 26.3 Å². The Morgan fingerprint density at radius 2 is 1.74 bits per heavy atom. The molecule has 0 saturated carbocycles. The Bertz CT molecular complexity index is 1120. The number of anilines is 2. The summed E-state index contributed by atoms with van der Waals surface area (Å²) in [5.41, 5.74) is 2.25. The van der Waals surface area contributed by atoms with Crippen LogP contribution in [0, 0.1) is 5.92 Å². The van der Waals surface area contributed by atoms with Gasteiger partial charge in [-0.15, -0.1) is 0 Å². The second-order valence-corrected chi connectivity index (χ2v) is 8.61. The lowest BCUT2D eigenvalue weighted by Gasteiger charge is -2.31.